The highest BCUT2D eigenvalue weighted by atomic mass is 35.5. The molecule has 1 heterocycles. The summed E-state index contributed by atoms with van der Waals surface area (Å²) in [5.41, 5.74) is 1.38. The van der Waals surface area contributed by atoms with Gasteiger partial charge < -0.3 is 0 Å². The summed E-state index contributed by atoms with van der Waals surface area (Å²) in [6.45, 7) is 6.68. The molecule has 0 spiro atoms. The highest BCUT2D eigenvalue weighted by Gasteiger charge is 2.24. The fraction of sp³-hybridized carbons (Fsp3) is 0.727. The largest absolute Gasteiger partial charge is 0.276 e. The molecule has 3 heteroatoms. The van der Waals surface area contributed by atoms with Crippen molar-refractivity contribution in [2.24, 2.45) is 18.4 Å². The molecule has 1 atom stereocenters. The van der Waals surface area contributed by atoms with Crippen LogP contribution in [0.25, 0.3) is 0 Å². The van der Waals surface area contributed by atoms with Gasteiger partial charge in [-0.05, 0) is 23.8 Å². The van der Waals surface area contributed by atoms with E-state index in [4.69, 9.17) is 11.6 Å². The number of nitrogens with zero attached hydrogens (tertiary/aromatic N) is 2. The predicted octanol–water partition coefficient (Wildman–Crippen LogP) is 2.86. The van der Waals surface area contributed by atoms with E-state index in [1.807, 2.05) is 17.9 Å². The first-order valence-corrected chi connectivity index (χ1v) is 5.51. The molecule has 1 aromatic rings. The number of alkyl halides is 1. The molecule has 0 aliphatic rings. The predicted molar refractivity (Wildman–Crippen MR) is 60.6 cm³/mol. The quantitative estimate of drug-likeness (QED) is 0.708. The minimum atomic E-state index is 0.249. The smallest absolute Gasteiger partial charge is 0.0627 e. The normalized spacial score (nSPS) is 14.4. The second kappa shape index (κ2) is 4.35. The summed E-state index contributed by atoms with van der Waals surface area (Å²) in [6.07, 6.45) is 2.94. The van der Waals surface area contributed by atoms with Gasteiger partial charge in [0.1, 0.15) is 0 Å². The van der Waals surface area contributed by atoms with Crippen LogP contribution in [0, 0.1) is 11.3 Å². The molecule has 0 N–H and O–H groups in total. The lowest BCUT2D eigenvalue weighted by molar-refractivity contribution is 0.262. The Morgan fingerprint density at radius 2 is 2.14 bits per heavy atom. The van der Waals surface area contributed by atoms with Crippen LogP contribution in [0.15, 0.2) is 12.3 Å². The molecule has 80 valence electrons. The van der Waals surface area contributed by atoms with E-state index in [0.29, 0.717) is 11.8 Å². The molecule has 0 radical (unpaired) electrons. The summed E-state index contributed by atoms with van der Waals surface area (Å²) < 4.78 is 1.84. The Hall–Kier alpha value is -0.500. The summed E-state index contributed by atoms with van der Waals surface area (Å²) in [4.78, 5) is 0. The lowest BCUT2D eigenvalue weighted by Crippen LogP contribution is -2.24. The Labute approximate surface area is 91.3 Å². The third-order valence-corrected chi connectivity index (χ3v) is 3.01. The molecule has 0 saturated carbocycles. The van der Waals surface area contributed by atoms with Crippen molar-refractivity contribution in [1.29, 1.82) is 0 Å². The lowest BCUT2D eigenvalue weighted by Gasteiger charge is -2.28. The Morgan fingerprint density at radius 3 is 2.50 bits per heavy atom. The zero-order chi connectivity index (χ0) is 10.8. The Bertz CT molecular complexity index is 286. The second-order valence-corrected chi connectivity index (χ2v) is 5.21. The van der Waals surface area contributed by atoms with E-state index >= 15 is 0 Å². The summed E-state index contributed by atoms with van der Waals surface area (Å²) >= 11 is 5.97. The van der Waals surface area contributed by atoms with Gasteiger partial charge in [0.05, 0.1) is 5.69 Å². The van der Waals surface area contributed by atoms with Crippen LogP contribution in [-0.4, -0.2) is 15.7 Å². The van der Waals surface area contributed by atoms with Crippen LogP contribution in [0.2, 0.25) is 0 Å². The number of aryl methyl sites for hydroxylation is 1. The van der Waals surface area contributed by atoms with Crippen molar-refractivity contribution in [3.63, 3.8) is 0 Å². The van der Waals surface area contributed by atoms with Crippen LogP contribution in [-0.2, 0) is 13.5 Å². The molecule has 1 rings (SSSR count). The van der Waals surface area contributed by atoms with Gasteiger partial charge in [-0.15, -0.1) is 11.6 Å². The van der Waals surface area contributed by atoms with Crippen molar-refractivity contribution in [3.8, 4) is 0 Å². The Balaban J connectivity index is 2.66. The highest BCUT2D eigenvalue weighted by Crippen LogP contribution is 2.29. The molecule has 0 fully saturated rings. The topological polar surface area (TPSA) is 17.8 Å². The molecular weight excluding hydrogens is 196 g/mol. The molecule has 0 aromatic carbocycles. The van der Waals surface area contributed by atoms with E-state index in [2.05, 4.69) is 31.9 Å². The molecule has 0 aliphatic carbocycles. The zero-order valence-electron chi connectivity index (χ0n) is 9.42. The van der Waals surface area contributed by atoms with Crippen molar-refractivity contribution in [2.75, 3.05) is 5.88 Å². The average Bonchev–Trinajstić information content (AvgIpc) is 2.45. The van der Waals surface area contributed by atoms with Gasteiger partial charge in [-0.3, -0.25) is 4.68 Å². The van der Waals surface area contributed by atoms with Gasteiger partial charge in [0.15, 0.2) is 0 Å². The van der Waals surface area contributed by atoms with Crippen LogP contribution < -0.4 is 0 Å². The number of aromatic nitrogens is 2. The summed E-state index contributed by atoms with van der Waals surface area (Å²) in [6, 6.07) is 2.06. The van der Waals surface area contributed by atoms with Crippen LogP contribution >= 0.6 is 11.6 Å². The van der Waals surface area contributed by atoms with Crippen LogP contribution in [0.5, 0.6) is 0 Å². The fourth-order valence-corrected chi connectivity index (χ4v) is 1.99. The monoisotopic (exact) mass is 214 g/mol. The molecular formula is C11H19ClN2. The van der Waals surface area contributed by atoms with E-state index in [1.54, 1.807) is 0 Å². The maximum atomic E-state index is 5.97. The zero-order valence-corrected chi connectivity index (χ0v) is 10.2. The van der Waals surface area contributed by atoms with Crippen molar-refractivity contribution in [1.82, 2.24) is 9.78 Å². The summed E-state index contributed by atoms with van der Waals surface area (Å²) in [5.74, 6) is 1.18. The maximum absolute atomic E-state index is 5.97. The SMILES string of the molecule is Cn1ccc(CC(CCl)C(C)(C)C)n1. The minimum absolute atomic E-state index is 0.249. The van der Waals surface area contributed by atoms with Crippen LogP contribution in [0.1, 0.15) is 26.5 Å². The van der Waals surface area contributed by atoms with Crippen molar-refractivity contribution < 1.29 is 0 Å². The Kier molecular flexibility index (Phi) is 3.59. The molecule has 0 aliphatic heterocycles. The molecule has 14 heavy (non-hydrogen) atoms. The first-order chi connectivity index (χ1) is 6.43. The highest BCUT2D eigenvalue weighted by molar-refractivity contribution is 6.18. The van der Waals surface area contributed by atoms with Gasteiger partial charge in [-0.2, -0.15) is 5.10 Å². The maximum Gasteiger partial charge on any atom is 0.0627 e. The first-order valence-electron chi connectivity index (χ1n) is 4.98. The first kappa shape index (κ1) is 11.6. The van der Waals surface area contributed by atoms with E-state index in [-0.39, 0.29) is 5.41 Å². The molecule has 0 amide bonds. The number of hydrogen-bond acceptors (Lipinski definition) is 1. The van der Waals surface area contributed by atoms with Crippen molar-refractivity contribution in [3.05, 3.63) is 18.0 Å². The summed E-state index contributed by atoms with van der Waals surface area (Å²) in [5, 5.41) is 4.37. The van der Waals surface area contributed by atoms with Gasteiger partial charge in [-0.25, -0.2) is 0 Å². The third kappa shape index (κ3) is 3.02. The third-order valence-electron chi connectivity index (χ3n) is 2.64. The lowest BCUT2D eigenvalue weighted by atomic mass is 9.79. The Morgan fingerprint density at radius 1 is 1.50 bits per heavy atom. The van der Waals surface area contributed by atoms with Crippen LogP contribution in [0.3, 0.4) is 0 Å². The van der Waals surface area contributed by atoms with Gasteiger partial charge in [0, 0.05) is 19.1 Å². The molecule has 0 saturated heterocycles. The van der Waals surface area contributed by atoms with Gasteiger partial charge in [0.2, 0.25) is 0 Å². The minimum Gasteiger partial charge on any atom is -0.276 e. The van der Waals surface area contributed by atoms with Crippen LogP contribution in [0.4, 0.5) is 0 Å². The standard InChI is InChI=1S/C11H19ClN2/c1-11(2,3)9(8-12)7-10-5-6-14(4)13-10/h5-6,9H,7-8H2,1-4H3. The molecule has 1 aromatic heterocycles. The number of rotatable bonds is 3. The molecule has 2 nitrogen and oxygen atoms in total. The average molecular weight is 215 g/mol. The summed E-state index contributed by atoms with van der Waals surface area (Å²) in [7, 11) is 1.94. The molecule has 0 bridgehead atoms. The van der Waals surface area contributed by atoms with Gasteiger partial charge in [0.25, 0.3) is 0 Å². The van der Waals surface area contributed by atoms with E-state index in [9.17, 15) is 0 Å². The van der Waals surface area contributed by atoms with Crippen molar-refractivity contribution >= 4 is 11.6 Å². The molecule has 1 unspecified atom stereocenters. The van der Waals surface area contributed by atoms with E-state index in [1.165, 1.54) is 0 Å². The number of halogens is 1. The second-order valence-electron chi connectivity index (χ2n) is 4.90. The number of hydrogen-bond donors (Lipinski definition) is 0. The van der Waals surface area contributed by atoms with Gasteiger partial charge in [-0.1, -0.05) is 20.8 Å². The van der Waals surface area contributed by atoms with E-state index in [0.717, 1.165) is 12.1 Å². The van der Waals surface area contributed by atoms with Crippen molar-refractivity contribution in [2.45, 2.75) is 27.2 Å². The van der Waals surface area contributed by atoms with Gasteiger partial charge >= 0.3 is 0 Å². The fourth-order valence-electron chi connectivity index (χ4n) is 1.42. The van der Waals surface area contributed by atoms with E-state index < -0.39 is 0 Å².